The van der Waals surface area contributed by atoms with Crippen LogP contribution in [-0.2, 0) is 4.79 Å². The van der Waals surface area contributed by atoms with Crippen LogP contribution in [0.2, 0.25) is 0 Å². The molecular formula is C18H22N2O2. The van der Waals surface area contributed by atoms with Gasteiger partial charge in [-0.15, -0.1) is 0 Å². The Morgan fingerprint density at radius 1 is 1.27 bits per heavy atom. The Morgan fingerprint density at radius 2 is 2.05 bits per heavy atom. The minimum absolute atomic E-state index is 0.419. The number of anilines is 1. The minimum atomic E-state index is -0.848. The van der Waals surface area contributed by atoms with Crippen LogP contribution in [0.3, 0.4) is 0 Å². The molecule has 0 aromatic heterocycles. The van der Waals surface area contributed by atoms with Gasteiger partial charge in [0.25, 0.3) is 0 Å². The van der Waals surface area contributed by atoms with E-state index in [1.807, 2.05) is 17.9 Å². The maximum Gasteiger partial charge on any atom is 0.333 e. The first-order valence-corrected chi connectivity index (χ1v) is 7.84. The van der Waals surface area contributed by atoms with Gasteiger partial charge in [0.2, 0.25) is 0 Å². The fourth-order valence-corrected chi connectivity index (χ4v) is 3.16. The Hall–Kier alpha value is -2.07. The SMILES string of the molecule is CC1=CC=C(C(=O)O)CN1c1ccc([C@@H]2CCCNC2)cc1. The van der Waals surface area contributed by atoms with Gasteiger partial charge in [-0.1, -0.05) is 12.1 Å². The van der Waals surface area contributed by atoms with E-state index in [9.17, 15) is 9.90 Å². The summed E-state index contributed by atoms with van der Waals surface area (Å²) in [6.07, 6.45) is 6.02. The zero-order valence-electron chi connectivity index (χ0n) is 12.9. The number of hydrogen-bond donors (Lipinski definition) is 2. The highest BCUT2D eigenvalue weighted by atomic mass is 16.4. The largest absolute Gasteiger partial charge is 0.478 e. The molecule has 3 rings (SSSR count). The molecule has 1 aromatic rings. The zero-order chi connectivity index (χ0) is 15.5. The van der Waals surface area contributed by atoms with Crippen molar-refractivity contribution in [3.05, 3.63) is 53.3 Å². The van der Waals surface area contributed by atoms with Crippen LogP contribution in [0, 0.1) is 0 Å². The summed E-state index contributed by atoms with van der Waals surface area (Å²) in [7, 11) is 0. The first kappa shape index (κ1) is 14.9. The highest BCUT2D eigenvalue weighted by molar-refractivity contribution is 5.89. The molecule has 22 heavy (non-hydrogen) atoms. The molecule has 4 heteroatoms. The first-order chi connectivity index (χ1) is 10.6. The summed E-state index contributed by atoms with van der Waals surface area (Å²) in [6, 6.07) is 8.57. The number of benzene rings is 1. The summed E-state index contributed by atoms with van der Waals surface area (Å²) in [5.74, 6) is -0.256. The van der Waals surface area contributed by atoms with E-state index in [0.29, 0.717) is 18.0 Å². The number of carbonyl (C=O) groups is 1. The molecule has 1 aromatic carbocycles. The number of nitrogens with one attached hydrogen (secondary N) is 1. The average Bonchev–Trinajstić information content (AvgIpc) is 2.56. The second kappa shape index (κ2) is 6.36. The van der Waals surface area contributed by atoms with Crippen molar-refractivity contribution in [1.29, 1.82) is 0 Å². The van der Waals surface area contributed by atoms with Crippen molar-refractivity contribution in [2.24, 2.45) is 0 Å². The van der Waals surface area contributed by atoms with Gasteiger partial charge >= 0.3 is 5.97 Å². The van der Waals surface area contributed by atoms with Crippen LogP contribution in [0.5, 0.6) is 0 Å². The molecule has 0 spiro atoms. The molecule has 0 unspecified atom stereocenters. The molecule has 0 aliphatic carbocycles. The zero-order valence-corrected chi connectivity index (χ0v) is 12.9. The van der Waals surface area contributed by atoms with Crippen molar-refractivity contribution in [3.8, 4) is 0 Å². The Kier molecular flexibility index (Phi) is 4.29. The van der Waals surface area contributed by atoms with Crippen LogP contribution in [-0.4, -0.2) is 30.7 Å². The molecular weight excluding hydrogens is 276 g/mol. The topological polar surface area (TPSA) is 52.6 Å². The van der Waals surface area contributed by atoms with Gasteiger partial charge in [0.05, 0.1) is 12.1 Å². The van der Waals surface area contributed by atoms with Gasteiger partial charge in [-0.3, -0.25) is 0 Å². The summed E-state index contributed by atoms with van der Waals surface area (Å²) in [5, 5.41) is 12.6. The third-order valence-corrected chi connectivity index (χ3v) is 4.53. The molecule has 1 atom stereocenters. The molecule has 2 heterocycles. The molecule has 0 saturated carbocycles. The third-order valence-electron chi connectivity index (χ3n) is 4.53. The van der Waals surface area contributed by atoms with Crippen LogP contribution < -0.4 is 10.2 Å². The number of allylic oxidation sites excluding steroid dienone is 3. The van der Waals surface area contributed by atoms with Crippen LogP contribution in [0.25, 0.3) is 0 Å². The Morgan fingerprint density at radius 3 is 2.68 bits per heavy atom. The summed E-state index contributed by atoms with van der Waals surface area (Å²) in [6.45, 7) is 4.60. The van der Waals surface area contributed by atoms with Gasteiger partial charge in [-0.2, -0.15) is 0 Å². The number of piperidine rings is 1. The van der Waals surface area contributed by atoms with Crippen molar-refractivity contribution < 1.29 is 9.90 Å². The predicted octanol–water partition coefficient (Wildman–Crippen LogP) is 2.89. The van der Waals surface area contributed by atoms with Gasteiger partial charge in [-0.25, -0.2) is 4.79 Å². The molecule has 0 amide bonds. The predicted molar refractivity (Wildman–Crippen MR) is 88.1 cm³/mol. The molecule has 116 valence electrons. The highest BCUT2D eigenvalue weighted by Gasteiger charge is 2.19. The van der Waals surface area contributed by atoms with E-state index in [-0.39, 0.29) is 0 Å². The summed E-state index contributed by atoms with van der Waals surface area (Å²) < 4.78 is 0. The standard InChI is InChI=1S/C18H22N2O2/c1-13-4-5-16(18(21)22)12-20(13)17-8-6-14(7-9-17)15-3-2-10-19-11-15/h4-9,15,19H,2-3,10-12H2,1H3,(H,21,22)/t15-/m1/s1. The number of carboxylic acid groups (broad SMARTS) is 1. The van der Waals surface area contributed by atoms with Crippen molar-refractivity contribution in [1.82, 2.24) is 5.32 Å². The van der Waals surface area contributed by atoms with Crippen LogP contribution in [0.15, 0.2) is 47.7 Å². The molecule has 2 N–H and O–H groups in total. The van der Waals surface area contributed by atoms with Gasteiger partial charge in [0, 0.05) is 17.9 Å². The summed E-state index contributed by atoms with van der Waals surface area (Å²) in [5.41, 5.74) is 3.90. The van der Waals surface area contributed by atoms with Gasteiger partial charge in [-0.05, 0) is 62.1 Å². The first-order valence-electron chi connectivity index (χ1n) is 7.84. The van der Waals surface area contributed by atoms with Crippen molar-refractivity contribution >= 4 is 11.7 Å². The van der Waals surface area contributed by atoms with Crippen LogP contribution >= 0.6 is 0 Å². The van der Waals surface area contributed by atoms with Gasteiger partial charge in [0.15, 0.2) is 0 Å². The maximum absolute atomic E-state index is 11.2. The van der Waals surface area contributed by atoms with Gasteiger partial charge in [0.1, 0.15) is 0 Å². The number of aliphatic carboxylic acids is 1. The molecule has 4 nitrogen and oxygen atoms in total. The Balaban J connectivity index is 1.76. The van der Waals surface area contributed by atoms with Crippen molar-refractivity contribution in [2.45, 2.75) is 25.7 Å². The fourth-order valence-electron chi connectivity index (χ4n) is 3.16. The lowest BCUT2D eigenvalue weighted by molar-refractivity contribution is -0.132. The lowest BCUT2D eigenvalue weighted by Crippen LogP contribution is -2.29. The number of hydrogen-bond acceptors (Lipinski definition) is 3. The molecule has 2 aliphatic rings. The lowest BCUT2D eigenvalue weighted by Gasteiger charge is -2.29. The highest BCUT2D eigenvalue weighted by Crippen LogP contribution is 2.28. The Labute approximate surface area is 131 Å². The quantitative estimate of drug-likeness (QED) is 0.901. The number of carboxylic acids is 1. The van der Waals surface area contributed by atoms with Crippen molar-refractivity contribution in [3.63, 3.8) is 0 Å². The molecule has 2 aliphatic heterocycles. The molecule has 0 radical (unpaired) electrons. The average molecular weight is 298 g/mol. The normalized spacial score (nSPS) is 22.0. The van der Waals surface area contributed by atoms with Crippen LogP contribution in [0.4, 0.5) is 5.69 Å². The second-order valence-corrected chi connectivity index (χ2v) is 6.03. The van der Waals surface area contributed by atoms with E-state index in [0.717, 1.165) is 24.5 Å². The summed E-state index contributed by atoms with van der Waals surface area (Å²) >= 11 is 0. The minimum Gasteiger partial charge on any atom is -0.478 e. The number of nitrogens with zero attached hydrogens (tertiary/aromatic N) is 1. The van der Waals surface area contributed by atoms with E-state index in [4.69, 9.17) is 0 Å². The fraction of sp³-hybridized carbons (Fsp3) is 0.389. The third kappa shape index (κ3) is 3.07. The molecule has 0 bridgehead atoms. The van der Waals surface area contributed by atoms with E-state index in [1.165, 1.54) is 18.4 Å². The smallest absolute Gasteiger partial charge is 0.333 e. The number of rotatable bonds is 3. The molecule has 1 saturated heterocycles. The monoisotopic (exact) mass is 298 g/mol. The molecule has 1 fully saturated rings. The van der Waals surface area contributed by atoms with E-state index in [2.05, 4.69) is 29.6 Å². The summed E-state index contributed by atoms with van der Waals surface area (Å²) in [4.78, 5) is 13.2. The lowest BCUT2D eigenvalue weighted by atomic mass is 9.91. The van der Waals surface area contributed by atoms with Crippen LogP contribution in [0.1, 0.15) is 31.2 Å². The van der Waals surface area contributed by atoms with E-state index >= 15 is 0 Å². The Bertz CT molecular complexity index is 610. The second-order valence-electron chi connectivity index (χ2n) is 6.03. The maximum atomic E-state index is 11.2. The van der Waals surface area contributed by atoms with E-state index < -0.39 is 5.97 Å². The van der Waals surface area contributed by atoms with Crippen molar-refractivity contribution in [2.75, 3.05) is 24.5 Å². The van der Waals surface area contributed by atoms with Gasteiger partial charge < -0.3 is 15.3 Å². The van der Waals surface area contributed by atoms with E-state index in [1.54, 1.807) is 6.08 Å².